The van der Waals surface area contributed by atoms with Gasteiger partial charge in [0.1, 0.15) is 8.07 Å². The maximum absolute atomic E-state index is 2.46. The SMILES string of the molecule is CC/C=C(\SCCC)[Si](C)(C)c1ccccc1. The van der Waals surface area contributed by atoms with Crippen molar-refractivity contribution in [2.24, 2.45) is 0 Å². The van der Waals surface area contributed by atoms with E-state index in [1.807, 2.05) is 0 Å². The molecule has 0 aliphatic rings. The molecular formula is C15H24SSi. The van der Waals surface area contributed by atoms with Gasteiger partial charge in [-0.25, -0.2) is 0 Å². The van der Waals surface area contributed by atoms with E-state index in [4.69, 9.17) is 0 Å². The van der Waals surface area contributed by atoms with Gasteiger partial charge in [-0.1, -0.05) is 68.5 Å². The molecule has 1 rings (SSSR count). The Hall–Kier alpha value is -0.473. The van der Waals surface area contributed by atoms with Crippen LogP contribution in [0.4, 0.5) is 0 Å². The Kier molecular flexibility index (Phi) is 6.07. The molecule has 94 valence electrons. The van der Waals surface area contributed by atoms with Gasteiger partial charge in [0.05, 0.1) is 0 Å². The normalized spacial score (nSPS) is 12.8. The molecule has 0 atom stereocenters. The zero-order chi connectivity index (χ0) is 12.7. The van der Waals surface area contributed by atoms with Crippen molar-refractivity contribution in [3.05, 3.63) is 40.9 Å². The molecule has 0 aliphatic carbocycles. The van der Waals surface area contributed by atoms with Gasteiger partial charge >= 0.3 is 0 Å². The highest BCUT2D eigenvalue weighted by Gasteiger charge is 2.27. The summed E-state index contributed by atoms with van der Waals surface area (Å²) in [6.07, 6.45) is 4.85. The summed E-state index contributed by atoms with van der Waals surface area (Å²) in [5.74, 6) is 1.25. The van der Waals surface area contributed by atoms with Crippen molar-refractivity contribution in [2.45, 2.75) is 39.8 Å². The molecule has 0 heterocycles. The molecule has 0 spiro atoms. The van der Waals surface area contributed by atoms with Crippen LogP contribution in [0.25, 0.3) is 0 Å². The maximum atomic E-state index is 2.46. The summed E-state index contributed by atoms with van der Waals surface area (Å²) in [6.45, 7) is 9.43. The highest BCUT2D eigenvalue weighted by atomic mass is 32.2. The zero-order valence-corrected chi connectivity index (χ0v) is 13.3. The summed E-state index contributed by atoms with van der Waals surface area (Å²) < 4.78 is 1.65. The van der Waals surface area contributed by atoms with Crippen molar-refractivity contribution < 1.29 is 0 Å². The van der Waals surface area contributed by atoms with E-state index in [2.05, 4.69) is 75.1 Å². The Labute approximate surface area is 112 Å². The highest BCUT2D eigenvalue weighted by Crippen LogP contribution is 2.27. The second-order valence-corrected chi connectivity index (χ2v) is 10.7. The highest BCUT2D eigenvalue weighted by molar-refractivity contribution is 8.05. The molecule has 0 radical (unpaired) electrons. The summed E-state index contributed by atoms with van der Waals surface area (Å²) in [6, 6.07) is 11.0. The van der Waals surface area contributed by atoms with Gasteiger partial charge < -0.3 is 0 Å². The Balaban J connectivity index is 2.96. The minimum absolute atomic E-state index is 1.15. The van der Waals surface area contributed by atoms with Crippen molar-refractivity contribution in [1.82, 2.24) is 0 Å². The number of hydrogen-bond donors (Lipinski definition) is 0. The number of thioether (sulfide) groups is 1. The smallest absolute Gasteiger partial charge is 0.119 e. The molecule has 17 heavy (non-hydrogen) atoms. The molecule has 0 aliphatic heterocycles. The summed E-state index contributed by atoms with van der Waals surface area (Å²) >= 11 is 2.07. The van der Waals surface area contributed by atoms with E-state index >= 15 is 0 Å². The largest absolute Gasteiger partial charge is 0.135 e. The Morgan fingerprint density at radius 2 is 1.82 bits per heavy atom. The van der Waals surface area contributed by atoms with Gasteiger partial charge in [0.2, 0.25) is 0 Å². The summed E-state index contributed by atoms with van der Waals surface area (Å²) in [4.78, 5) is 0. The van der Waals surface area contributed by atoms with Gasteiger partial charge in [-0.15, -0.1) is 11.8 Å². The third-order valence-corrected chi connectivity index (χ3v) is 9.23. The van der Waals surface area contributed by atoms with Crippen LogP contribution in [-0.2, 0) is 0 Å². The standard InChI is InChI=1S/C15H24SSi/c1-5-10-15(16-13-6-2)17(3,4)14-11-8-7-9-12-14/h7-12H,5-6,13H2,1-4H3/b15-10+. The van der Waals surface area contributed by atoms with Crippen LogP contribution in [-0.4, -0.2) is 13.8 Å². The molecule has 0 N–H and O–H groups in total. The predicted octanol–water partition coefficient (Wildman–Crippen LogP) is 4.58. The quantitative estimate of drug-likeness (QED) is 0.678. The Morgan fingerprint density at radius 3 is 2.35 bits per heavy atom. The zero-order valence-electron chi connectivity index (χ0n) is 11.5. The second-order valence-electron chi connectivity index (χ2n) is 4.82. The van der Waals surface area contributed by atoms with Gasteiger partial charge in [-0.3, -0.25) is 0 Å². The molecule has 0 nitrogen and oxygen atoms in total. The lowest BCUT2D eigenvalue weighted by atomic mass is 10.4. The molecule has 1 aromatic carbocycles. The lowest BCUT2D eigenvalue weighted by Crippen LogP contribution is -2.42. The van der Waals surface area contributed by atoms with Crippen molar-refractivity contribution in [3.8, 4) is 0 Å². The number of hydrogen-bond acceptors (Lipinski definition) is 1. The number of benzene rings is 1. The Morgan fingerprint density at radius 1 is 1.18 bits per heavy atom. The minimum atomic E-state index is -1.44. The molecule has 0 amide bonds. The first-order chi connectivity index (χ1) is 8.12. The van der Waals surface area contributed by atoms with E-state index in [-0.39, 0.29) is 0 Å². The van der Waals surface area contributed by atoms with Gasteiger partial charge in [0, 0.05) is 0 Å². The van der Waals surface area contributed by atoms with Crippen LogP contribution in [0.5, 0.6) is 0 Å². The van der Waals surface area contributed by atoms with Crippen LogP contribution in [0, 0.1) is 0 Å². The number of allylic oxidation sites excluding steroid dienone is 1. The van der Waals surface area contributed by atoms with Crippen molar-refractivity contribution in [3.63, 3.8) is 0 Å². The molecule has 0 saturated heterocycles. The molecule has 0 saturated carbocycles. The average Bonchev–Trinajstić information content (AvgIpc) is 2.35. The molecular weight excluding hydrogens is 240 g/mol. The molecule has 0 bridgehead atoms. The first-order valence-corrected chi connectivity index (χ1v) is 10.5. The lowest BCUT2D eigenvalue weighted by Gasteiger charge is -2.26. The Bertz CT molecular complexity index is 354. The van der Waals surface area contributed by atoms with E-state index in [0.29, 0.717) is 0 Å². The number of rotatable bonds is 6. The van der Waals surface area contributed by atoms with E-state index in [1.165, 1.54) is 12.2 Å². The summed E-state index contributed by atoms with van der Waals surface area (Å²) in [7, 11) is -1.44. The van der Waals surface area contributed by atoms with Gasteiger partial charge in [-0.2, -0.15) is 0 Å². The fraction of sp³-hybridized carbons (Fsp3) is 0.467. The predicted molar refractivity (Wildman–Crippen MR) is 84.7 cm³/mol. The molecule has 0 aromatic heterocycles. The third-order valence-electron chi connectivity index (χ3n) is 2.96. The first kappa shape index (κ1) is 14.6. The van der Waals surface area contributed by atoms with Gasteiger partial charge in [-0.05, 0) is 23.1 Å². The van der Waals surface area contributed by atoms with E-state index in [9.17, 15) is 0 Å². The van der Waals surface area contributed by atoms with Crippen LogP contribution in [0.15, 0.2) is 40.9 Å². The topological polar surface area (TPSA) is 0 Å². The van der Waals surface area contributed by atoms with Crippen LogP contribution in [0.3, 0.4) is 0 Å². The van der Waals surface area contributed by atoms with Gasteiger partial charge in [0.25, 0.3) is 0 Å². The average molecular weight is 265 g/mol. The summed E-state index contributed by atoms with van der Waals surface area (Å²) in [5.41, 5.74) is 0. The molecule has 1 aromatic rings. The molecule has 0 fully saturated rings. The van der Waals surface area contributed by atoms with Crippen molar-refractivity contribution >= 4 is 25.0 Å². The van der Waals surface area contributed by atoms with Crippen molar-refractivity contribution in [1.29, 1.82) is 0 Å². The molecule has 0 unspecified atom stereocenters. The van der Waals surface area contributed by atoms with Crippen molar-refractivity contribution in [2.75, 3.05) is 5.75 Å². The fourth-order valence-electron chi connectivity index (χ4n) is 1.89. The van der Waals surface area contributed by atoms with E-state index < -0.39 is 8.07 Å². The second kappa shape index (κ2) is 7.07. The maximum Gasteiger partial charge on any atom is 0.119 e. The van der Waals surface area contributed by atoms with Crippen LogP contribution in [0.1, 0.15) is 26.7 Å². The van der Waals surface area contributed by atoms with E-state index in [1.54, 1.807) is 9.72 Å². The van der Waals surface area contributed by atoms with Crippen LogP contribution in [0.2, 0.25) is 13.1 Å². The third kappa shape index (κ3) is 4.04. The molecule has 2 heteroatoms. The lowest BCUT2D eigenvalue weighted by molar-refractivity contribution is 1.11. The summed E-state index contributed by atoms with van der Waals surface area (Å²) in [5, 5.41) is 1.54. The van der Waals surface area contributed by atoms with E-state index in [0.717, 1.165) is 6.42 Å². The van der Waals surface area contributed by atoms with Crippen LogP contribution < -0.4 is 5.19 Å². The minimum Gasteiger partial charge on any atom is -0.135 e. The van der Waals surface area contributed by atoms with Crippen LogP contribution >= 0.6 is 11.8 Å². The fourth-order valence-corrected chi connectivity index (χ4v) is 6.73. The monoisotopic (exact) mass is 264 g/mol. The first-order valence-electron chi connectivity index (χ1n) is 6.51. The van der Waals surface area contributed by atoms with Gasteiger partial charge in [0.15, 0.2) is 0 Å².